The maximum Gasteiger partial charge on any atom is 0.315 e. The Morgan fingerprint density at radius 2 is 1.94 bits per heavy atom. The van der Waals surface area contributed by atoms with Crippen molar-refractivity contribution in [3.05, 3.63) is 60.3 Å². The molecule has 1 unspecified atom stereocenters. The molecule has 2 N–H and O–H groups in total. The summed E-state index contributed by atoms with van der Waals surface area (Å²) in [4.78, 5) is 28.6. The van der Waals surface area contributed by atoms with E-state index in [0.29, 0.717) is 16.2 Å². The number of carbonyl (C=O) groups is 2. The molecule has 0 saturated carbocycles. The third-order valence-corrected chi connectivity index (χ3v) is 5.30. The fourth-order valence-corrected chi connectivity index (χ4v) is 3.64. The number of nitrogens with zero attached hydrogens (tertiary/aromatic N) is 3. The molecule has 1 radical (unpaired) electrons. The van der Waals surface area contributed by atoms with Crippen molar-refractivity contribution < 1.29 is 27.5 Å². The van der Waals surface area contributed by atoms with Gasteiger partial charge in [-0.15, -0.1) is 0 Å². The van der Waals surface area contributed by atoms with E-state index in [1.807, 2.05) is 12.1 Å². The van der Waals surface area contributed by atoms with Crippen LogP contribution in [-0.4, -0.2) is 46.6 Å². The van der Waals surface area contributed by atoms with Crippen LogP contribution < -0.4 is 5.73 Å². The third-order valence-electron chi connectivity index (χ3n) is 5.30. The average Bonchev–Trinajstić information content (AvgIpc) is 3.11. The van der Waals surface area contributed by atoms with Crippen molar-refractivity contribution in [2.75, 3.05) is 6.67 Å². The van der Waals surface area contributed by atoms with Gasteiger partial charge in [-0.25, -0.2) is 4.39 Å². The molecule has 32 heavy (non-hydrogen) atoms. The van der Waals surface area contributed by atoms with Crippen LogP contribution in [0.3, 0.4) is 0 Å². The zero-order valence-corrected chi connectivity index (χ0v) is 17.0. The van der Waals surface area contributed by atoms with Crippen molar-refractivity contribution in [1.29, 1.82) is 5.26 Å². The summed E-state index contributed by atoms with van der Waals surface area (Å²) in [7, 11) is 0. The molecule has 2 aromatic rings. The zero-order chi connectivity index (χ0) is 23.5. The monoisotopic (exact) mass is 445 g/mol. The molecule has 0 bridgehead atoms. The summed E-state index contributed by atoms with van der Waals surface area (Å²) >= 11 is 0. The maximum absolute atomic E-state index is 13.9. The molecule has 1 aliphatic rings. The Kier molecular flexibility index (Phi) is 6.79. The van der Waals surface area contributed by atoms with Gasteiger partial charge >= 0.3 is 6.43 Å². The highest BCUT2D eigenvalue weighted by Gasteiger charge is 2.57. The van der Waals surface area contributed by atoms with Crippen molar-refractivity contribution in [3.63, 3.8) is 0 Å². The summed E-state index contributed by atoms with van der Waals surface area (Å²) in [6, 6.07) is 10.7. The minimum Gasteiger partial charge on any atom is -0.365 e. The Labute approximate surface area is 182 Å². The first-order chi connectivity index (χ1) is 15.2. The van der Waals surface area contributed by atoms with Crippen molar-refractivity contribution in [3.8, 4) is 17.2 Å². The van der Waals surface area contributed by atoms with E-state index in [4.69, 9.17) is 15.7 Å². The SMILES string of the molecule is CC1(C(N)=O)O[C@H](c2ccc(-c3ccc([CH]CC#N)nc3)cc2)[C@@H](CF)N1C(=O)C(F)F. The number of hydrogen-bond donors (Lipinski definition) is 1. The van der Waals surface area contributed by atoms with E-state index >= 15 is 0 Å². The lowest BCUT2D eigenvalue weighted by Gasteiger charge is -2.32. The topological polar surface area (TPSA) is 109 Å². The molecule has 3 rings (SSSR count). The van der Waals surface area contributed by atoms with Gasteiger partial charge < -0.3 is 10.5 Å². The van der Waals surface area contributed by atoms with Gasteiger partial charge in [0.25, 0.3) is 11.8 Å². The molecule has 1 saturated heterocycles. The van der Waals surface area contributed by atoms with E-state index in [-0.39, 0.29) is 6.42 Å². The van der Waals surface area contributed by atoms with Gasteiger partial charge in [-0.05, 0) is 24.1 Å². The summed E-state index contributed by atoms with van der Waals surface area (Å²) in [6.45, 7) is -0.137. The standard InChI is InChI=1S/C22H20F3N4O3/c1-22(21(27)31)29(20(30)19(24)25)17(11-23)18(32-22)14-6-4-13(5-7-14)15-8-9-16(28-12-15)3-2-10-26/h3-9,12,17-19H,2,11H2,1H3,(H2,27,31)/t17-,18-,22?/m1/s1. The zero-order valence-electron chi connectivity index (χ0n) is 17.0. The highest BCUT2D eigenvalue weighted by atomic mass is 19.3. The van der Waals surface area contributed by atoms with Gasteiger partial charge in [-0.3, -0.25) is 19.5 Å². The van der Waals surface area contributed by atoms with Crippen LogP contribution in [0, 0.1) is 17.8 Å². The first-order valence-corrected chi connectivity index (χ1v) is 9.64. The number of pyridine rings is 1. The largest absolute Gasteiger partial charge is 0.365 e. The number of benzene rings is 1. The van der Waals surface area contributed by atoms with Crippen LogP contribution in [0.1, 0.15) is 30.7 Å². The van der Waals surface area contributed by atoms with Crippen molar-refractivity contribution in [2.45, 2.75) is 37.6 Å². The number of amides is 2. The molecule has 1 aromatic carbocycles. The van der Waals surface area contributed by atoms with Crippen LogP contribution in [-0.2, 0) is 14.3 Å². The summed E-state index contributed by atoms with van der Waals surface area (Å²) in [5.74, 6) is -2.91. The lowest BCUT2D eigenvalue weighted by molar-refractivity contribution is -0.171. The molecule has 2 amide bonds. The van der Waals surface area contributed by atoms with E-state index < -0.39 is 42.8 Å². The average molecular weight is 445 g/mol. The number of rotatable bonds is 7. The van der Waals surface area contributed by atoms with Gasteiger partial charge in [-0.2, -0.15) is 14.0 Å². The second-order valence-electron chi connectivity index (χ2n) is 7.28. The first kappa shape index (κ1) is 23.2. The summed E-state index contributed by atoms with van der Waals surface area (Å²) in [5.41, 5.74) is 5.68. The van der Waals surface area contributed by atoms with Gasteiger partial charge in [0.2, 0.25) is 5.72 Å². The molecule has 1 aromatic heterocycles. The molecular formula is C22H20F3N4O3. The second-order valence-corrected chi connectivity index (χ2v) is 7.28. The van der Waals surface area contributed by atoms with Crippen molar-refractivity contribution >= 4 is 11.8 Å². The molecule has 10 heteroatoms. The summed E-state index contributed by atoms with van der Waals surface area (Å²) in [6.07, 6.45) is -1.07. The highest BCUT2D eigenvalue weighted by molar-refractivity contribution is 5.90. The van der Waals surface area contributed by atoms with Crippen molar-refractivity contribution in [2.24, 2.45) is 5.73 Å². The van der Waals surface area contributed by atoms with Crippen LogP contribution in [0.2, 0.25) is 0 Å². The number of nitriles is 1. The minimum atomic E-state index is -3.45. The maximum atomic E-state index is 13.9. The normalized spacial score (nSPS) is 22.7. The van der Waals surface area contributed by atoms with Crippen LogP contribution in [0.25, 0.3) is 11.1 Å². The molecule has 3 atom stereocenters. The van der Waals surface area contributed by atoms with Crippen LogP contribution in [0.15, 0.2) is 42.6 Å². The number of halogens is 3. The molecule has 7 nitrogen and oxygen atoms in total. The molecule has 167 valence electrons. The number of nitrogens with two attached hydrogens (primary N) is 1. The lowest BCUT2D eigenvalue weighted by atomic mass is 9.99. The van der Waals surface area contributed by atoms with Gasteiger partial charge in [0, 0.05) is 30.3 Å². The Morgan fingerprint density at radius 1 is 1.28 bits per heavy atom. The molecule has 0 spiro atoms. The van der Waals surface area contributed by atoms with E-state index in [1.165, 1.54) is 0 Å². The number of alkyl halides is 3. The smallest absolute Gasteiger partial charge is 0.315 e. The van der Waals surface area contributed by atoms with Crippen LogP contribution >= 0.6 is 0 Å². The first-order valence-electron chi connectivity index (χ1n) is 9.64. The van der Waals surface area contributed by atoms with E-state index in [1.54, 1.807) is 42.9 Å². The fraction of sp³-hybridized carbons (Fsp3) is 0.318. The van der Waals surface area contributed by atoms with Gasteiger partial charge in [-0.1, -0.05) is 30.3 Å². The Balaban J connectivity index is 1.88. The summed E-state index contributed by atoms with van der Waals surface area (Å²) < 4.78 is 45.7. The highest BCUT2D eigenvalue weighted by Crippen LogP contribution is 2.42. The second kappa shape index (κ2) is 9.36. The van der Waals surface area contributed by atoms with E-state index in [0.717, 1.165) is 18.1 Å². The number of ether oxygens (including phenoxy) is 1. The van der Waals surface area contributed by atoms with Gasteiger partial charge in [0.05, 0.1) is 12.1 Å². The van der Waals surface area contributed by atoms with Crippen molar-refractivity contribution in [1.82, 2.24) is 9.88 Å². The number of carbonyl (C=O) groups excluding carboxylic acids is 2. The molecular weight excluding hydrogens is 425 g/mol. The predicted molar refractivity (Wildman–Crippen MR) is 107 cm³/mol. The quantitative estimate of drug-likeness (QED) is 0.705. The molecule has 0 aliphatic carbocycles. The van der Waals surface area contributed by atoms with E-state index in [9.17, 15) is 22.8 Å². The minimum absolute atomic E-state index is 0.244. The number of hydrogen-bond acceptors (Lipinski definition) is 5. The Bertz CT molecular complexity index is 1020. The molecule has 1 fully saturated rings. The number of aromatic nitrogens is 1. The number of primary amides is 1. The van der Waals surface area contributed by atoms with Crippen LogP contribution in [0.5, 0.6) is 0 Å². The lowest BCUT2D eigenvalue weighted by Crippen LogP contribution is -2.58. The molecule has 1 aliphatic heterocycles. The van der Waals surface area contributed by atoms with Gasteiger partial charge in [0.1, 0.15) is 12.8 Å². The van der Waals surface area contributed by atoms with Gasteiger partial charge in [0.15, 0.2) is 0 Å². The fourth-order valence-electron chi connectivity index (χ4n) is 3.64. The third kappa shape index (κ3) is 4.29. The predicted octanol–water partition coefficient (Wildman–Crippen LogP) is 2.92. The Hall–Kier alpha value is -3.45. The van der Waals surface area contributed by atoms with E-state index in [2.05, 4.69) is 4.98 Å². The van der Waals surface area contributed by atoms with Crippen LogP contribution in [0.4, 0.5) is 13.2 Å². The summed E-state index contributed by atoms with van der Waals surface area (Å²) in [5, 5.41) is 8.62. The molecule has 2 heterocycles. The Morgan fingerprint density at radius 3 is 2.44 bits per heavy atom.